The molecule has 0 aromatic carbocycles. The number of hydrogen-bond donors (Lipinski definition) is 2. The maximum absolute atomic E-state index is 12.9. The molecule has 0 saturated heterocycles. The van der Waals surface area contributed by atoms with Crippen LogP contribution in [0.5, 0.6) is 0 Å². The van der Waals surface area contributed by atoms with Crippen LogP contribution in [0, 0.1) is 0 Å². The molecule has 0 radical (unpaired) electrons. The summed E-state index contributed by atoms with van der Waals surface area (Å²) in [4.78, 5) is 25.4. The summed E-state index contributed by atoms with van der Waals surface area (Å²) in [5.74, 6) is -0.160. The molecule has 0 saturated carbocycles. The summed E-state index contributed by atoms with van der Waals surface area (Å²) in [6, 6.07) is -0.793. The van der Waals surface area contributed by atoms with E-state index in [9.17, 15) is 19.4 Å². The molecule has 64 heavy (non-hydrogen) atoms. The first-order valence-corrected chi connectivity index (χ1v) is 29.8. The Morgan fingerprint density at radius 2 is 0.766 bits per heavy atom. The fraction of sp³-hybridized carbons (Fsp3) is 0.982. The third kappa shape index (κ3) is 49.4. The smallest absolute Gasteiger partial charge is 0.268 e. The van der Waals surface area contributed by atoms with E-state index in [2.05, 4.69) is 19.2 Å². The van der Waals surface area contributed by atoms with Crippen LogP contribution in [0.1, 0.15) is 296 Å². The molecule has 0 bridgehead atoms. The number of phosphoric acid groups is 1. The lowest BCUT2D eigenvalue weighted by molar-refractivity contribution is -0.870. The molecular weight excluding hydrogens is 816 g/mol. The number of phosphoric ester groups is 1. The van der Waals surface area contributed by atoms with Crippen molar-refractivity contribution in [1.29, 1.82) is 0 Å². The zero-order valence-electron chi connectivity index (χ0n) is 43.8. The lowest BCUT2D eigenvalue weighted by atomic mass is 10.0. The van der Waals surface area contributed by atoms with Gasteiger partial charge < -0.3 is 28.8 Å². The van der Waals surface area contributed by atoms with Crippen molar-refractivity contribution in [3.8, 4) is 0 Å². The fourth-order valence-corrected chi connectivity index (χ4v) is 9.59. The van der Waals surface area contributed by atoms with E-state index in [-0.39, 0.29) is 19.1 Å². The molecule has 0 aromatic rings. The number of hydrogen-bond acceptors (Lipinski definition) is 6. The number of nitrogens with zero attached hydrogens (tertiary/aromatic N) is 1. The van der Waals surface area contributed by atoms with Gasteiger partial charge in [-0.15, -0.1) is 0 Å². The predicted octanol–water partition coefficient (Wildman–Crippen LogP) is 16.2. The van der Waals surface area contributed by atoms with E-state index >= 15 is 0 Å². The SMILES string of the molecule is CCCCCCCCCCCCCCCCCCCCCCCCCCCCCCCCCCCC(=O)N[C@@H](COP(=O)([O-])OCC[N+](C)(C)C)[C@H](O)CCCCCCCCCCC. The Bertz CT molecular complexity index is 1010. The Balaban J connectivity index is 3.83. The van der Waals surface area contributed by atoms with E-state index in [0.717, 1.165) is 38.5 Å². The van der Waals surface area contributed by atoms with Gasteiger partial charge in [0.1, 0.15) is 13.2 Å². The molecule has 8 nitrogen and oxygen atoms in total. The van der Waals surface area contributed by atoms with E-state index in [0.29, 0.717) is 23.9 Å². The van der Waals surface area contributed by atoms with E-state index in [1.165, 1.54) is 231 Å². The molecule has 384 valence electrons. The van der Waals surface area contributed by atoms with Gasteiger partial charge >= 0.3 is 0 Å². The predicted molar refractivity (Wildman–Crippen MR) is 275 cm³/mol. The second-order valence-corrected chi connectivity index (χ2v) is 22.4. The van der Waals surface area contributed by atoms with Crippen molar-refractivity contribution in [2.45, 2.75) is 309 Å². The van der Waals surface area contributed by atoms with E-state index in [1.807, 2.05) is 21.1 Å². The highest BCUT2D eigenvalue weighted by Gasteiger charge is 2.24. The van der Waals surface area contributed by atoms with Crippen LogP contribution in [0.2, 0.25) is 0 Å². The van der Waals surface area contributed by atoms with Crippen LogP contribution in [0.4, 0.5) is 0 Å². The first-order chi connectivity index (χ1) is 31.0. The summed E-state index contributed by atoms with van der Waals surface area (Å²) in [5, 5.41) is 13.9. The van der Waals surface area contributed by atoms with Gasteiger partial charge in [-0.3, -0.25) is 9.36 Å². The molecule has 0 aromatic heterocycles. The minimum atomic E-state index is -4.56. The molecule has 0 heterocycles. The number of nitrogens with one attached hydrogen (secondary N) is 1. The summed E-state index contributed by atoms with van der Waals surface area (Å²) >= 11 is 0. The van der Waals surface area contributed by atoms with Crippen LogP contribution >= 0.6 is 7.82 Å². The third-order valence-electron chi connectivity index (χ3n) is 13.3. The summed E-state index contributed by atoms with van der Waals surface area (Å²) in [6.07, 6.45) is 56.0. The van der Waals surface area contributed by atoms with Crippen LogP contribution in [0.25, 0.3) is 0 Å². The number of aliphatic hydroxyl groups excluding tert-OH is 1. The highest BCUT2D eigenvalue weighted by Crippen LogP contribution is 2.38. The molecule has 0 spiro atoms. The maximum Gasteiger partial charge on any atom is 0.268 e. The number of carbonyl (C=O) groups excluding carboxylic acids is 1. The van der Waals surface area contributed by atoms with Crippen molar-refractivity contribution in [1.82, 2.24) is 5.32 Å². The van der Waals surface area contributed by atoms with Gasteiger partial charge in [0, 0.05) is 6.42 Å². The van der Waals surface area contributed by atoms with Crippen LogP contribution in [0.3, 0.4) is 0 Å². The van der Waals surface area contributed by atoms with E-state index in [4.69, 9.17) is 9.05 Å². The molecular formula is C55H113N2O6P. The Kier molecular flexibility index (Phi) is 47.2. The first kappa shape index (κ1) is 63.5. The quantitative estimate of drug-likeness (QED) is 0.0357. The Morgan fingerprint density at radius 1 is 0.484 bits per heavy atom. The number of likely N-dealkylation sites (N-methyl/N-ethyl adjacent to an activating group) is 1. The fourth-order valence-electron chi connectivity index (χ4n) is 8.87. The Labute approximate surface area is 399 Å². The highest BCUT2D eigenvalue weighted by molar-refractivity contribution is 7.45. The molecule has 3 atom stereocenters. The minimum Gasteiger partial charge on any atom is -0.756 e. The normalized spacial score (nSPS) is 13.9. The van der Waals surface area contributed by atoms with Gasteiger partial charge in [-0.25, -0.2) is 0 Å². The van der Waals surface area contributed by atoms with Gasteiger partial charge in [0.25, 0.3) is 7.82 Å². The van der Waals surface area contributed by atoms with Crippen LogP contribution in [0.15, 0.2) is 0 Å². The molecule has 0 aliphatic carbocycles. The monoisotopic (exact) mass is 929 g/mol. The second kappa shape index (κ2) is 47.6. The minimum absolute atomic E-state index is 0.0159. The third-order valence-corrected chi connectivity index (χ3v) is 14.3. The van der Waals surface area contributed by atoms with Crippen molar-refractivity contribution < 1.29 is 32.9 Å². The molecule has 0 aliphatic rings. The van der Waals surface area contributed by atoms with Crippen LogP contribution < -0.4 is 10.2 Å². The van der Waals surface area contributed by atoms with Gasteiger partial charge in [-0.05, 0) is 12.8 Å². The maximum atomic E-state index is 12.9. The average molecular weight is 929 g/mol. The number of aliphatic hydroxyl groups is 1. The molecule has 1 amide bonds. The van der Waals surface area contributed by atoms with E-state index in [1.54, 1.807) is 0 Å². The van der Waals surface area contributed by atoms with Crippen molar-refractivity contribution in [3.05, 3.63) is 0 Å². The van der Waals surface area contributed by atoms with Crippen molar-refractivity contribution >= 4 is 13.7 Å². The summed E-state index contributed by atoms with van der Waals surface area (Å²) in [6.45, 7) is 4.73. The van der Waals surface area contributed by atoms with Gasteiger partial charge in [0.05, 0.1) is 39.9 Å². The lowest BCUT2D eigenvalue weighted by Crippen LogP contribution is -2.46. The van der Waals surface area contributed by atoms with Gasteiger partial charge in [0.2, 0.25) is 5.91 Å². The first-order valence-electron chi connectivity index (χ1n) is 28.4. The summed E-state index contributed by atoms with van der Waals surface area (Å²) in [7, 11) is 1.32. The number of rotatable bonds is 53. The molecule has 0 rings (SSSR count). The average Bonchev–Trinajstić information content (AvgIpc) is 3.25. The standard InChI is InChI=1S/C55H113N2O6P/c1-6-8-10-12-14-16-17-18-19-20-21-22-23-24-25-26-27-28-29-30-31-32-33-34-35-36-37-38-39-41-43-45-47-49-55(59)56-53(52-63-64(60,61)62-51-50-57(3,4)5)54(58)48-46-44-42-40-15-13-11-9-7-2/h53-54,58H,6-52H2,1-5H3,(H-,56,59,60,61)/t53-,54+/m0/s1. The molecule has 0 fully saturated rings. The van der Waals surface area contributed by atoms with Crippen LogP contribution in [-0.2, 0) is 18.4 Å². The topological polar surface area (TPSA) is 108 Å². The summed E-state index contributed by atoms with van der Waals surface area (Å²) in [5.41, 5.74) is 0. The molecule has 9 heteroatoms. The second-order valence-electron chi connectivity index (χ2n) is 21.0. The van der Waals surface area contributed by atoms with Crippen LogP contribution in [-0.4, -0.2) is 68.5 Å². The Morgan fingerprint density at radius 3 is 1.06 bits per heavy atom. The van der Waals surface area contributed by atoms with Crippen molar-refractivity contribution in [2.24, 2.45) is 0 Å². The molecule has 2 N–H and O–H groups in total. The highest BCUT2D eigenvalue weighted by atomic mass is 31.2. The van der Waals surface area contributed by atoms with Gasteiger partial charge in [0.15, 0.2) is 0 Å². The summed E-state index contributed by atoms with van der Waals surface area (Å²) < 4.78 is 23.3. The van der Waals surface area contributed by atoms with Crippen molar-refractivity contribution in [2.75, 3.05) is 40.9 Å². The number of unbranched alkanes of at least 4 members (excludes halogenated alkanes) is 40. The zero-order chi connectivity index (χ0) is 47.1. The van der Waals surface area contributed by atoms with E-state index < -0.39 is 20.0 Å². The van der Waals surface area contributed by atoms with Gasteiger partial charge in [-0.1, -0.05) is 277 Å². The Hall–Kier alpha value is -0.500. The molecule has 1 unspecified atom stereocenters. The van der Waals surface area contributed by atoms with Crippen molar-refractivity contribution in [3.63, 3.8) is 0 Å². The number of carbonyl (C=O) groups is 1. The largest absolute Gasteiger partial charge is 0.756 e. The zero-order valence-corrected chi connectivity index (χ0v) is 44.7. The number of amides is 1. The van der Waals surface area contributed by atoms with Gasteiger partial charge in [-0.2, -0.15) is 0 Å². The number of quaternary nitrogens is 1. The lowest BCUT2D eigenvalue weighted by Gasteiger charge is -2.30. The molecule has 0 aliphatic heterocycles.